The lowest BCUT2D eigenvalue weighted by Crippen LogP contribution is -2.17. The first kappa shape index (κ1) is 23.5. The summed E-state index contributed by atoms with van der Waals surface area (Å²) in [7, 11) is -3.94. The molecule has 2 N–H and O–H groups in total. The monoisotopic (exact) mass is 480 g/mol. The molecule has 0 radical (unpaired) electrons. The zero-order chi connectivity index (χ0) is 23.5. The fourth-order valence-corrected chi connectivity index (χ4v) is 4.25. The van der Waals surface area contributed by atoms with Crippen molar-refractivity contribution < 1.29 is 26.7 Å². The molecule has 0 saturated heterocycles. The first-order chi connectivity index (χ1) is 15.1. The number of aryl methyl sites for hydroxylation is 2. The maximum absolute atomic E-state index is 12.8. The van der Waals surface area contributed by atoms with Crippen LogP contribution < -0.4 is 14.8 Å². The highest BCUT2D eigenvalue weighted by Crippen LogP contribution is 2.29. The number of anilines is 2. The summed E-state index contributed by atoms with van der Waals surface area (Å²) in [6.07, 6.45) is 0. The molecule has 3 rings (SSSR count). The lowest BCUT2D eigenvalue weighted by Gasteiger charge is -2.13. The number of hydrogen-bond donors (Lipinski definition) is 2. The molecule has 0 heterocycles. The van der Waals surface area contributed by atoms with Crippen molar-refractivity contribution in [3.63, 3.8) is 0 Å². The van der Waals surface area contributed by atoms with Gasteiger partial charge in [-0.25, -0.2) is 8.42 Å². The number of sulfonamides is 1. The van der Waals surface area contributed by atoms with Crippen molar-refractivity contribution in [2.75, 3.05) is 10.0 Å². The van der Waals surface area contributed by atoms with E-state index in [1.807, 2.05) is 0 Å². The zero-order valence-electron chi connectivity index (χ0n) is 17.0. The third-order valence-electron chi connectivity index (χ3n) is 4.56. The van der Waals surface area contributed by atoms with Gasteiger partial charge in [0, 0.05) is 11.3 Å². The van der Waals surface area contributed by atoms with Crippen molar-refractivity contribution in [2.45, 2.75) is 25.4 Å². The lowest BCUT2D eigenvalue weighted by molar-refractivity contribution is -0.0497. The van der Waals surface area contributed by atoms with Gasteiger partial charge in [-0.2, -0.15) is 8.78 Å². The van der Waals surface area contributed by atoms with E-state index >= 15 is 0 Å². The van der Waals surface area contributed by atoms with E-state index in [1.54, 1.807) is 38.1 Å². The number of benzene rings is 3. The molecular formula is C22H19ClF2N2O4S. The van der Waals surface area contributed by atoms with E-state index < -0.39 is 22.5 Å². The fourth-order valence-electron chi connectivity index (χ4n) is 2.87. The molecule has 3 aromatic rings. The molecule has 10 heteroatoms. The van der Waals surface area contributed by atoms with Crippen LogP contribution in [0.2, 0.25) is 5.02 Å². The van der Waals surface area contributed by atoms with Gasteiger partial charge < -0.3 is 10.1 Å². The molecule has 0 aliphatic rings. The topological polar surface area (TPSA) is 84.5 Å². The van der Waals surface area contributed by atoms with E-state index in [2.05, 4.69) is 14.8 Å². The highest BCUT2D eigenvalue weighted by atomic mass is 35.5. The Kier molecular flexibility index (Phi) is 7.00. The standard InChI is InChI=1S/C22H19ClF2N2O4S/c1-13-7-9-16(32(29,30)27-19-6-4-3-5-14(19)2)12-17(13)21(28)26-15-8-10-20(18(23)11-15)31-22(24)25/h3-12,22,27H,1-2H3,(H,26,28). The minimum absolute atomic E-state index is 0.0878. The highest BCUT2D eigenvalue weighted by molar-refractivity contribution is 7.92. The number of hydrogen-bond acceptors (Lipinski definition) is 4. The molecule has 0 saturated carbocycles. The second-order valence-electron chi connectivity index (χ2n) is 6.87. The van der Waals surface area contributed by atoms with E-state index in [1.165, 1.54) is 36.4 Å². The largest absolute Gasteiger partial charge is 0.433 e. The summed E-state index contributed by atoms with van der Waals surface area (Å²) in [4.78, 5) is 12.7. The molecule has 32 heavy (non-hydrogen) atoms. The normalized spacial score (nSPS) is 11.3. The Morgan fingerprint density at radius 2 is 1.72 bits per heavy atom. The van der Waals surface area contributed by atoms with Crippen LogP contribution in [-0.4, -0.2) is 20.9 Å². The van der Waals surface area contributed by atoms with E-state index in [-0.39, 0.29) is 26.9 Å². The second kappa shape index (κ2) is 9.54. The molecule has 0 fully saturated rings. The minimum atomic E-state index is -3.94. The Morgan fingerprint density at radius 1 is 1.00 bits per heavy atom. The van der Waals surface area contributed by atoms with Crippen LogP contribution in [0.1, 0.15) is 21.5 Å². The lowest BCUT2D eigenvalue weighted by atomic mass is 10.1. The van der Waals surface area contributed by atoms with Gasteiger partial charge in [-0.3, -0.25) is 9.52 Å². The zero-order valence-corrected chi connectivity index (χ0v) is 18.6. The van der Waals surface area contributed by atoms with Gasteiger partial charge in [0.25, 0.3) is 15.9 Å². The molecule has 6 nitrogen and oxygen atoms in total. The predicted molar refractivity (Wildman–Crippen MR) is 119 cm³/mol. The molecule has 0 atom stereocenters. The van der Waals surface area contributed by atoms with Crippen LogP contribution in [0.3, 0.4) is 0 Å². The highest BCUT2D eigenvalue weighted by Gasteiger charge is 2.19. The molecule has 0 unspecified atom stereocenters. The third kappa shape index (κ3) is 5.54. The molecule has 0 spiro atoms. The summed E-state index contributed by atoms with van der Waals surface area (Å²) in [5, 5.41) is 2.46. The second-order valence-corrected chi connectivity index (χ2v) is 8.96. The van der Waals surface area contributed by atoms with Gasteiger partial charge in [0.05, 0.1) is 15.6 Å². The quantitative estimate of drug-likeness (QED) is 0.460. The smallest absolute Gasteiger partial charge is 0.387 e. The van der Waals surface area contributed by atoms with Crippen molar-refractivity contribution in [1.82, 2.24) is 0 Å². The van der Waals surface area contributed by atoms with Crippen LogP contribution in [0.15, 0.2) is 65.6 Å². The molecule has 1 amide bonds. The maximum Gasteiger partial charge on any atom is 0.387 e. The van der Waals surface area contributed by atoms with Gasteiger partial charge >= 0.3 is 6.61 Å². The molecule has 0 aliphatic heterocycles. The van der Waals surface area contributed by atoms with Crippen molar-refractivity contribution in [1.29, 1.82) is 0 Å². The minimum Gasteiger partial charge on any atom is -0.433 e. The van der Waals surface area contributed by atoms with Crippen LogP contribution in [0.4, 0.5) is 20.2 Å². The summed E-state index contributed by atoms with van der Waals surface area (Å²) in [5.41, 5.74) is 2.08. The molecule has 168 valence electrons. The Hall–Kier alpha value is -3.17. The number of ether oxygens (including phenoxy) is 1. The Balaban J connectivity index is 1.84. The van der Waals surface area contributed by atoms with Crippen molar-refractivity contribution in [3.05, 3.63) is 82.4 Å². The van der Waals surface area contributed by atoms with Crippen LogP contribution in [0.25, 0.3) is 0 Å². The third-order valence-corrected chi connectivity index (χ3v) is 6.22. The van der Waals surface area contributed by atoms with Gasteiger partial charge in [0.1, 0.15) is 5.75 Å². The van der Waals surface area contributed by atoms with Gasteiger partial charge in [0.2, 0.25) is 0 Å². The summed E-state index contributed by atoms with van der Waals surface area (Å²) in [5.74, 6) is -0.819. The summed E-state index contributed by atoms with van der Waals surface area (Å²) >= 11 is 5.91. The molecule has 0 aliphatic carbocycles. The number of nitrogens with one attached hydrogen (secondary N) is 2. The van der Waals surface area contributed by atoms with E-state index in [9.17, 15) is 22.0 Å². The van der Waals surface area contributed by atoms with Gasteiger partial charge in [-0.05, 0) is 61.4 Å². The molecule has 0 bridgehead atoms. The van der Waals surface area contributed by atoms with E-state index in [4.69, 9.17) is 11.6 Å². The average Bonchev–Trinajstić information content (AvgIpc) is 2.71. The summed E-state index contributed by atoms with van der Waals surface area (Å²) < 4.78 is 57.2. The SMILES string of the molecule is Cc1ccccc1NS(=O)(=O)c1ccc(C)c(C(=O)Nc2ccc(OC(F)F)c(Cl)c2)c1. The first-order valence-corrected chi connectivity index (χ1v) is 11.2. The van der Waals surface area contributed by atoms with Gasteiger partial charge in [0.15, 0.2) is 0 Å². The number of alkyl halides is 2. The van der Waals surface area contributed by atoms with Gasteiger partial charge in [-0.15, -0.1) is 0 Å². The van der Waals surface area contributed by atoms with E-state index in [0.717, 1.165) is 5.56 Å². The van der Waals surface area contributed by atoms with Gasteiger partial charge in [-0.1, -0.05) is 35.9 Å². The summed E-state index contributed by atoms with van der Waals surface area (Å²) in [6, 6.07) is 14.9. The number of halogens is 3. The van der Waals surface area contributed by atoms with Crippen LogP contribution in [-0.2, 0) is 10.0 Å². The van der Waals surface area contributed by atoms with Crippen LogP contribution >= 0.6 is 11.6 Å². The van der Waals surface area contributed by atoms with Crippen LogP contribution in [0.5, 0.6) is 5.75 Å². The number of carbonyl (C=O) groups excluding carboxylic acids is 1. The maximum atomic E-state index is 12.8. The number of para-hydroxylation sites is 1. The number of carbonyl (C=O) groups is 1. The number of rotatable bonds is 7. The van der Waals surface area contributed by atoms with Crippen LogP contribution in [0, 0.1) is 13.8 Å². The van der Waals surface area contributed by atoms with Crippen molar-refractivity contribution >= 4 is 38.9 Å². The molecule has 3 aromatic carbocycles. The Bertz CT molecular complexity index is 1270. The van der Waals surface area contributed by atoms with Crippen molar-refractivity contribution in [2.24, 2.45) is 0 Å². The Labute approximate surface area is 189 Å². The average molecular weight is 481 g/mol. The van der Waals surface area contributed by atoms with Crippen molar-refractivity contribution in [3.8, 4) is 5.75 Å². The molecule has 0 aromatic heterocycles. The predicted octanol–water partition coefficient (Wildman–Crippen LogP) is 5.61. The Morgan fingerprint density at radius 3 is 2.38 bits per heavy atom. The molecular weight excluding hydrogens is 462 g/mol. The first-order valence-electron chi connectivity index (χ1n) is 9.31. The fraction of sp³-hybridized carbons (Fsp3) is 0.136. The number of amides is 1. The van der Waals surface area contributed by atoms with E-state index in [0.29, 0.717) is 11.3 Å². The summed E-state index contributed by atoms with van der Waals surface area (Å²) in [6.45, 7) is 0.398.